The molecule has 1 fully saturated rings. The van der Waals surface area contributed by atoms with Crippen LogP contribution in [-0.4, -0.2) is 16.6 Å². The molecule has 0 aromatic heterocycles. The van der Waals surface area contributed by atoms with E-state index in [1.165, 1.54) is 0 Å². The third-order valence-corrected chi connectivity index (χ3v) is 3.06. The van der Waals surface area contributed by atoms with Crippen LogP contribution in [0, 0.1) is 5.92 Å². The second-order valence-corrected chi connectivity index (χ2v) is 4.07. The molecule has 0 bridgehead atoms. The molecule has 0 amide bonds. The summed E-state index contributed by atoms with van der Waals surface area (Å²) in [4.78, 5) is 8.57. The molecule has 0 aromatic rings. The Morgan fingerprint density at radius 3 is 2.80 bits per heavy atom. The topological polar surface area (TPSA) is 63.3 Å². The van der Waals surface area contributed by atoms with Gasteiger partial charge in [0.25, 0.3) is 0 Å². The van der Waals surface area contributed by atoms with E-state index in [0.717, 1.165) is 12.8 Å². The second-order valence-electron chi connectivity index (χ2n) is 3.05. The summed E-state index contributed by atoms with van der Waals surface area (Å²) in [5.41, 5.74) is 5.46. The summed E-state index contributed by atoms with van der Waals surface area (Å²) in [6, 6.07) is 0. The van der Waals surface area contributed by atoms with Crippen molar-refractivity contribution in [1.82, 2.24) is 0 Å². The predicted molar refractivity (Wildman–Crippen MR) is 40.0 cm³/mol. The Bertz CT molecular complexity index is 162. The van der Waals surface area contributed by atoms with Gasteiger partial charge < -0.3 is 5.73 Å². The molecule has 10 heavy (non-hydrogen) atoms. The van der Waals surface area contributed by atoms with Gasteiger partial charge in [-0.2, -0.15) is 4.89 Å². The van der Waals surface area contributed by atoms with Gasteiger partial charge in [0.2, 0.25) is 0 Å². The number of rotatable bonds is 3. The van der Waals surface area contributed by atoms with Crippen LogP contribution in [0.3, 0.4) is 0 Å². The highest BCUT2D eigenvalue weighted by atomic mass is 31.1. The van der Waals surface area contributed by atoms with E-state index in [1.807, 2.05) is 0 Å². The highest BCUT2D eigenvalue weighted by molar-refractivity contribution is 7.38. The quantitative estimate of drug-likeness (QED) is 0.604. The average Bonchev–Trinajstić information content (AvgIpc) is 2.39. The van der Waals surface area contributed by atoms with Crippen LogP contribution < -0.4 is 5.73 Å². The third kappa shape index (κ3) is 1.54. The highest BCUT2D eigenvalue weighted by Gasteiger charge is 2.54. The van der Waals surface area contributed by atoms with Crippen LogP contribution in [-0.2, 0) is 4.57 Å². The fourth-order valence-corrected chi connectivity index (χ4v) is 2.29. The molecule has 3 nitrogen and oxygen atoms in total. The van der Waals surface area contributed by atoms with Crippen LogP contribution in [0.4, 0.5) is 0 Å². The van der Waals surface area contributed by atoms with Gasteiger partial charge in [0.05, 0.1) is 5.54 Å². The molecule has 3 atom stereocenters. The number of nitrogens with two attached hydrogens (primary N) is 1. The van der Waals surface area contributed by atoms with Gasteiger partial charge in [0.15, 0.2) is 6.16 Å². The molecule has 0 radical (unpaired) electrons. The van der Waals surface area contributed by atoms with Crippen molar-refractivity contribution < 1.29 is 9.46 Å². The van der Waals surface area contributed by atoms with Crippen LogP contribution in [0.15, 0.2) is 0 Å². The van der Waals surface area contributed by atoms with E-state index >= 15 is 0 Å². The fourth-order valence-electron chi connectivity index (χ4n) is 1.40. The van der Waals surface area contributed by atoms with Gasteiger partial charge >= 0.3 is 8.03 Å². The molecule has 1 unspecified atom stereocenters. The van der Waals surface area contributed by atoms with Crippen LogP contribution in [0.25, 0.3) is 0 Å². The van der Waals surface area contributed by atoms with Crippen molar-refractivity contribution in [2.75, 3.05) is 6.16 Å². The molecular weight excluding hydrogens is 149 g/mol. The lowest BCUT2D eigenvalue weighted by Gasteiger charge is -1.99. The predicted octanol–water partition coefficient (Wildman–Crippen LogP) is 0.849. The first-order valence-corrected chi connectivity index (χ1v) is 4.90. The van der Waals surface area contributed by atoms with Crippen LogP contribution in [0.5, 0.6) is 0 Å². The van der Waals surface area contributed by atoms with Gasteiger partial charge in [-0.25, -0.2) is 0 Å². The molecule has 1 saturated carbocycles. The van der Waals surface area contributed by atoms with E-state index in [9.17, 15) is 4.57 Å². The maximum absolute atomic E-state index is 10.4. The van der Waals surface area contributed by atoms with Crippen LogP contribution >= 0.6 is 8.03 Å². The van der Waals surface area contributed by atoms with Gasteiger partial charge in [-0.3, -0.25) is 0 Å². The van der Waals surface area contributed by atoms with Crippen molar-refractivity contribution >= 4 is 8.03 Å². The minimum atomic E-state index is -2.03. The first-order valence-electron chi connectivity index (χ1n) is 3.51. The Morgan fingerprint density at radius 1 is 1.90 bits per heavy atom. The van der Waals surface area contributed by atoms with Crippen molar-refractivity contribution in [3.8, 4) is 0 Å². The summed E-state index contributed by atoms with van der Waals surface area (Å²) in [5, 5.41) is 0. The van der Waals surface area contributed by atoms with Gasteiger partial charge in [-0.1, -0.05) is 13.3 Å². The Labute approximate surface area is 61.5 Å². The normalized spacial score (nSPS) is 39.5. The summed E-state index contributed by atoms with van der Waals surface area (Å²) in [6.07, 6.45) is 2.23. The molecule has 0 saturated heterocycles. The molecule has 0 spiro atoms. The molecule has 1 aliphatic rings. The van der Waals surface area contributed by atoms with Crippen molar-refractivity contribution in [2.45, 2.75) is 25.3 Å². The number of hydrogen-bond donors (Lipinski definition) is 2. The summed E-state index contributed by atoms with van der Waals surface area (Å²) < 4.78 is 10.4. The lowest BCUT2D eigenvalue weighted by Crippen LogP contribution is -2.27. The molecular formula is C6H13NO2P+. The molecule has 58 valence electrons. The maximum atomic E-state index is 10.4. The summed E-state index contributed by atoms with van der Waals surface area (Å²) in [5.74, 6) is 0.485. The zero-order valence-corrected chi connectivity index (χ0v) is 6.97. The largest absolute Gasteiger partial charge is 0.507 e. The van der Waals surface area contributed by atoms with E-state index in [4.69, 9.17) is 10.6 Å². The first kappa shape index (κ1) is 8.12. The summed E-state index contributed by atoms with van der Waals surface area (Å²) >= 11 is 0. The van der Waals surface area contributed by atoms with Crippen molar-refractivity contribution in [3.63, 3.8) is 0 Å². The molecule has 0 heterocycles. The zero-order valence-electron chi connectivity index (χ0n) is 6.08. The third-order valence-electron chi connectivity index (χ3n) is 2.20. The first-order chi connectivity index (χ1) is 4.58. The molecule has 3 N–H and O–H groups in total. The van der Waals surface area contributed by atoms with E-state index < -0.39 is 8.03 Å². The molecule has 0 aromatic carbocycles. The minimum Gasteiger partial charge on any atom is -0.321 e. The molecule has 1 aliphatic carbocycles. The van der Waals surface area contributed by atoms with Gasteiger partial charge in [-0.15, -0.1) is 0 Å². The van der Waals surface area contributed by atoms with E-state index in [0.29, 0.717) is 5.92 Å². The lowest BCUT2D eigenvalue weighted by atomic mass is 10.2. The molecule has 1 rings (SSSR count). The highest BCUT2D eigenvalue weighted by Crippen LogP contribution is 2.47. The Kier molecular flexibility index (Phi) is 2.09. The lowest BCUT2D eigenvalue weighted by molar-refractivity contribution is 0.491. The van der Waals surface area contributed by atoms with Crippen LogP contribution in [0.1, 0.15) is 19.8 Å². The minimum absolute atomic E-state index is 0.279. The zero-order chi connectivity index (χ0) is 7.78. The fraction of sp³-hybridized carbons (Fsp3) is 1.00. The van der Waals surface area contributed by atoms with Crippen molar-refractivity contribution in [1.29, 1.82) is 0 Å². The monoisotopic (exact) mass is 162 g/mol. The average molecular weight is 162 g/mol. The Balaban J connectivity index is 2.36. The summed E-state index contributed by atoms with van der Waals surface area (Å²) in [6.45, 7) is 2.06. The number of hydrogen-bond acceptors (Lipinski definition) is 2. The van der Waals surface area contributed by atoms with Gasteiger partial charge in [0, 0.05) is 0 Å². The molecule has 0 aliphatic heterocycles. The van der Waals surface area contributed by atoms with E-state index in [2.05, 4.69) is 6.92 Å². The molecule has 4 heteroatoms. The maximum Gasteiger partial charge on any atom is 0.507 e. The Hall–Kier alpha value is 0.0200. The van der Waals surface area contributed by atoms with Crippen molar-refractivity contribution in [2.24, 2.45) is 11.7 Å². The smallest absolute Gasteiger partial charge is 0.321 e. The van der Waals surface area contributed by atoms with Gasteiger partial charge in [0.1, 0.15) is 0 Å². The van der Waals surface area contributed by atoms with Crippen LogP contribution in [0.2, 0.25) is 0 Å². The SMILES string of the molecule is CC[C@H]1C[C@@]1(N)C[P+](=O)O. The second kappa shape index (κ2) is 2.57. The Morgan fingerprint density at radius 2 is 2.50 bits per heavy atom. The standard InChI is InChI=1S/C6H12NO2P/c1-2-5-3-6(5,7)4-10(8)9/h5H,2-4,7H2,1H3/p+1/t5-,6+/m0/s1. The van der Waals surface area contributed by atoms with Crippen molar-refractivity contribution in [3.05, 3.63) is 0 Å². The van der Waals surface area contributed by atoms with E-state index in [-0.39, 0.29) is 11.7 Å². The van der Waals surface area contributed by atoms with E-state index in [1.54, 1.807) is 0 Å². The van der Waals surface area contributed by atoms with Gasteiger partial charge in [-0.05, 0) is 16.9 Å². The summed E-state index contributed by atoms with van der Waals surface area (Å²) in [7, 11) is -2.03.